The molecule has 146 valence electrons. The smallest absolute Gasteiger partial charge is 0.323 e. The van der Waals surface area contributed by atoms with Gasteiger partial charge in [-0.2, -0.15) is 0 Å². The Labute approximate surface area is 164 Å². The van der Waals surface area contributed by atoms with Gasteiger partial charge in [0.05, 0.1) is 4.91 Å². The van der Waals surface area contributed by atoms with Crippen LogP contribution in [-0.4, -0.2) is 52.5 Å². The van der Waals surface area contributed by atoms with Gasteiger partial charge in [0, 0.05) is 23.9 Å². The van der Waals surface area contributed by atoms with Gasteiger partial charge in [0.2, 0.25) is 0 Å². The van der Waals surface area contributed by atoms with Crippen molar-refractivity contribution in [2.75, 3.05) is 20.6 Å². The molecule has 6 nitrogen and oxygen atoms in total. The van der Waals surface area contributed by atoms with Crippen molar-refractivity contribution in [3.63, 3.8) is 0 Å². The molecule has 1 aromatic carbocycles. The number of carbonyl (C=O) groups is 2. The van der Waals surface area contributed by atoms with Crippen molar-refractivity contribution in [1.29, 1.82) is 0 Å². The summed E-state index contributed by atoms with van der Waals surface area (Å²) in [7, 11) is 3.85. The summed E-state index contributed by atoms with van der Waals surface area (Å²) in [6.07, 6.45) is 3.23. The third-order valence-electron chi connectivity index (χ3n) is 4.02. The van der Waals surface area contributed by atoms with E-state index in [1.54, 1.807) is 11.5 Å². The third-order valence-corrected chi connectivity index (χ3v) is 4.82. The molecule has 0 spiro atoms. The number of amides is 1. The maximum atomic E-state index is 12.5. The van der Waals surface area contributed by atoms with Crippen LogP contribution in [0.2, 0.25) is 0 Å². The molecule has 27 heavy (non-hydrogen) atoms. The van der Waals surface area contributed by atoms with Crippen LogP contribution < -0.4 is 0 Å². The van der Waals surface area contributed by atoms with E-state index in [4.69, 9.17) is 5.11 Å². The Kier molecular flexibility index (Phi) is 6.38. The van der Waals surface area contributed by atoms with Crippen molar-refractivity contribution in [2.45, 2.75) is 32.7 Å². The monoisotopic (exact) mass is 390 g/mol. The maximum Gasteiger partial charge on any atom is 0.323 e. The number of hydrogen-bond acceptors (Lipinski definition) is 5. The zero-order valence-corrected chi connectivity index (χ0v) is 17.1. The second-order valence-electron chi connectivity index (χ2n) is 7.80. The first kappa shape index (κ1) is 21.1. The molecule has 0 bridgehead atoms. The maximum absolute atomic E-state index is 12.5. The topological polar surface area (TPSA) is 81.1 Å². The summed E-state index contributed by atoms with van der Waals surface area (Å²) < 4.78 is 0. The predicted molar refractivity (Wildman–Crippen MR) is 108 cm³/mol. The Balaban J connectivity index is 2.48. The first-order valence-corrected chi connectivity index (χ1v) is 9.46. The molecule has 0 unspecified atom stereocenters. The third kappa shape index (κ3) is 5.37. The molecule has 0 aromatic heterocycles. The highest BCUT2D eigenvalue weighted by molar-refractivity contribution is 8.06. The fraction of sp³-hybridized carbons (Fsp3) is 0.400. The van der Waals surface area contributed by atoms with Crippen molar-refractivity contribution in [3.05, 3.63) is 45.3 Å². The summed E-state index contributed by atoms with van der Waals surface area (Å²) in [6, 6.07) is 3.75. The number of aromatic hydroxyl groups is 1. The Hall–Kier alpha value is -2.25. The molecule has 0 saturated heterocycles. The van der Waals surface area contributed by atoms with E-state index in [1.165, 1.54) is 22.9 Å². The Morgan fingerprint density at radius 3 is 2.52 bits per heavy atom. The number of carboxylic acid groups (broad SMARTS) is 1. The van der Waals surface area contributed by atoms with E-state index in [0.717, 1.165) is 16.7 Å². The van der Waals surface area contributed by atoms with E-state index in [0.29, 0.717) is 11.4 Å². The van der Waals surface area contributed by atoms with Crippen LogP contribution in [0.4, 0.5) is 0 Å². The molecule has 0 saturated carbocycles. The lowest BCUT2D eigenvalue weighted by atomic mass is 9.84. The number of thioether (sulfide) groups is 1. The van der Waals surface area contributed by atoms with E-state index in [2.05, 4.69) is 0 Å². The lowest BCUT2D eigenvalue weighted by molar-refractivity contribution is -0.141. The second kappa shape index (κ2) is 8.19. The minimum absolute atomic E-state index is 0.265. The molecule has 7 heteroatoms. The molecular formula is C20H26N2O4S. The number of nitrogens with zero attached hydrogens (tertiary/aromatic N) is 2. The van der Waals surface area contributed by atoms with Gasteiger partial charge in [-0.3, -0.25) is 9.59 Å². The Bertz CT molecular complexity index is 807. The first-order chi connectivity index (χ1) is 12.5. The van der Waals surface area contributed by atoms with E-state index in [1.807, 2.05) is 51.9 Å². The van der Waals surface area contributed by atoms with Gasteiger partial charge < -0.3 is 20.0 Å². The molecule has 1 aliphatic heterocycles. The lowest BCUT2D eigenvalue weighted by Crippen LogP contribution is -2.32. The number of aliphatic carboxylic acids is 1. The van der Waals surface area contributed by atoms with E-state index in [9.17, 15) is 14.7 Å². The molecule has 1 aliphatic rings. The first-order valence-electron chi connectivity index (χ1n) is 8.58. The van der Waals surface area contributed by atoms with E-state index >= 15 is 0 Å². The Morgan fingerprint density at radius 1 is 1.30 bits per heavy atom. The summed E-state index contributed by atoms with van der Waals surface area (Å²) in [6.45, 7) is 6.27. The molecule has 0 fully saturated rings. The van der Waals surface area contributed by atoms with Gasteiger partial charge in [-0.15, -0.1) is 0 Å². The average molecular weight is 391 g/mol. The molecule has 1 aromatic rings. The summed E-state index contributed by atoms with van der Waals surface area (Å²) >= 11 is 1.26. The minimum atomic E-state index is -1.06. The Morgan fingerprint density at radius 2 is 1.96 bits per heavy atom. The van der Waals surface area contributed by atoms with Crippen molar-refractivity contribution >= 4 is 29.7 Å². The fourth-order valence-corrected chi connectivity index (χ4v) is 3.57. The molecule has 0 atom stereocenters. The van der Waals surface area contributed by atoms with Gasteiger partial charge in [-0.1, -0.05) is 32.5 Å². The number of hydrogen-bond donors (Lipinski definition) is 2. The second-order valence-corrected chi connectivity index (χ2v) is 8.75. The van der Waals surface area contributed by atoms with Crippen LogP contribution in [0, 0.1) is 0 Å². The number of benzene rings is 1. The highest BCUT2D eigenvalue weighted by Crippen LogP contribution is 2.36. The average Bonchev–Trinajstić information content (AvgIpc) is 2.52. The molecular weight excluding hydrogens is 364 g/mol. The lowest BCUT2D eigenvalue weighted by Gasteiger charge is -2.24. The van der Waals surface area contributed by atoms with E-state index in [-0.39, 0.29) is 23.6 Å². The summed E-state index contributed by atoms with van der Waals surface area (Å²) in [5.41, 5.74) is 2.12. The minimum Gasteiger partial charge on any atom is -0.507 e. The van der Waals surface area contributed by atoms with E-state index < -0.39 is 5.97 Å². The van der Waals surface area contributed by atoms with Gasteiger partial charge in [0.25, 0.3) is 5.91 Å². The highest BCUT2D eigenvalue weighted by atomic mass is 32.2. The number of carbonyl (C=O) groups excluding carboxylic acids is 1. The van der Waals surface area contributed by atoms with Gasteiger partial charge >= 0.3 is 5.97 Å². The van der Waals surface area contributed by atoms with Crippen LogP contribution in [0.1, 0.15) is 37.5 Å². The molecule has 2 rings (SSSR count). The van der Waals surface area contributed by atoms with Crippen molar-refractivity contribution in [2.24, 2.45) is 0 Å². The van der Waals surface area contributed by atoms with Crippen molar-refractivity contribution in [1.82, 2.24) is 9.80 Å². The number of phenolic OH excluding ortho intramolecular Hbond substituents is 1. The quantitative estimate of drug-likeness (QED) is 0.752. The van der Waals surface area contributed by atoms with Crippen molar-refractivity contribution < 1.29 is 19.8 Å². The fourth-order valence-electron chi connectivity index (χ4n) is 2.79. The van der Waals surface area contributed by atoms with Gasteiger partial charge in [-0.05, 0) is 48.7 Å². The highest BCUT2D eigenvalue weighted by Gasteiger charge is 2.24. The zero-order valence-electron chi connectivity index (χ0n) is 16.3. The van der Waals surface area contributed by atoms with Crippen LogP contribution in [0.5, 0.6) is 5.75 Å². The molecule has 1 amide bonds. The van der Waals surface area contributed by atoms with Crippen LogP contribution in [0.25, 0.3) is 6.08 Å². The van der Waals surface area contributed by atoms with Crippen LogP contribution in [-0.2, 0) is 21.5 Å². The SMILES string of the molecule is CN(C)Cc1cc(/C=C2\SC=CN(CC(=O)O)C2=O)cc(C(C)(C)C)c1O. The van der Waals surface area contributed by atoms with Gasteiger partial charge in [0.15, 0.2) is 0 Å². The molecule has 0 aliphatic carbocycles. The van der Waals surface area contributed by atoms with Crippen molar-refractivity contribution in [3.8, 4) is 5.75 Å². The molecule has 2 N–H and O–H groups in total. The summed E-state index contributed by atoms with van der Waals surface area (Å²) in [5.74, 6) is -1.13. The summed E-state index contributed by atoms with van der Waals surface area (Å²) in [5, 5.41) is 21.3. The van der Waals surface area contributed by atoms with Crippen LogP contribution >= 0.6 is 11.8 Å². The summed E-state index contributed by atoms with van der Waals surface area (Å²) in [4.78, 5) is 27.1. The number of phenols is 1. The van der Waals surface area contributed by atoms with Gasteiger partial charge in [-0.25, -0.2) is 0 Å². The number of carboxylic acids is 1. The van der Waals surface area contributed by atoms with Gasteiger partial charge in [0.1, 0.15) is 12.3 Å². The van der Waals surface area contributed by atoms with Crippen LogP contribution in [0.3, 0.4) is 0 Å². The molecule has 0 radical (unpaired) electrons. The molecule has 1 heterocycles. The standard InChI is InChI=1S/C20H26N2O4S/c1-20(2,3)15-9-13(8-14(18(15)25)11-21(4)5)10-16-19(26)22(6-7-27-16)12-17(23)24/h6-10,25H,11-12H2,1-5H3,(H,23,24)/b16-10-. The number of rotatable bonds is 5. The van der Waals surface area contributed by atoms with Crippen LogP contribution in [0.15, 0.2) is 28.6 Å². The predicted octanol–water partition coefficient (Wildman–Crippen LogP) is 3.22. The largest absolute Gasteiger partial charge is 0.507 e. The zero-order chi connectivity index (χ0) is 20.4. The normalized spacial score (nSPS) is 16.4.